The molecule has 0 aliphatic carbocycles. The van der Waals surface area contributed by atoms with Gasteiger partial charge in [-0.25, -0.2) is 0 Å². The highest BCUT2D eigenvalue weighted by Crippen LogP contribution is 2.21. The highest BCUT2D eigenvalue weighted by molar-refractivity contribution is 5.81. The number of rotatable bonds is 4. The zero-order valence-electron chi connectivity index (χ0n) is 10.7. The maximum absolute atomic E-state index is 12.1. The molecule has 1 rings (SSSR count). The van der Waals surface area contributed by atoms with Crippen molar-refractivity contribution in [1.82, 2.24) is 15.5 Å². The van der Waals surface area contributed by atoms with Crippen LogP contribution >= 0.6 is 0 Å². The summed E-state index contributed by atoms with van der Waals surface area (Å²) in [6, 6.07) is -1.27. The number of nitrogens with one attached hydrogen (secondary N) is 2. The summed E-state index contributed by atoms with van der Waals surface area (Å²) in [5.74, 6) is -0.339. The first-order valence-electron chi connectivity index (χ1n) is 6.11. The minimum absolute atomic E-state index is 0.339. The van der Waals surface area contributed by atoms with E-state index < -0.39 is 18.6 Å². The number of alkyl halides is 3. The fourth-order valence-corrected chi connectivity index (χ4v) is 2.00. The Morgan fingerprint density at radius 1 is 1.33 bits per heavy atom. The van der Waals surface area contributed by atoms with Gasteiger partial charge in [-0.2, -0.15) is 13.2 Å². The van der Waals surface area contributed by atoms with Gasteiger partial charge in [0.25, 0.3) is 0 Å². The van der Waals surface area contributed by atoms with Crippen molar-refractivity contribution in [2.45, 2.75) is 38.5 Å². The van der Waals surface area contributed by atoms with Crippen LogP contribution in [0, 0.1) is 0 Å². The first-order chi connectivity index (χ1) is 8.29. The predicted octanol–water partition coefficient (Wildman–Crippen LogP) is 0.737. The number of carbonyl (C=O) groups excluding carboxylic acids is 1. The fourth-order valence-electron chi connectivity index (χ4n) is 2.00. The molecule has 1 amide bonds. The summed E-state index contributed by atoms with van der Waals surface area (Å²) in [6.45, 7) is 6.17. The van der Waals surface area contributed by atoms with Crippen molar-refractivity contribution in [3.8, 4) is 0 Å². The molecule has 1 aliphatic heterocycles. The Bertz CT molecular complexity index is 277. The van der Waals surface area contributed by atoms with E-state index in [0.29, 0.717) is 0 Å². The second-order valence-corrected chi connectivity index (χ2v) is 4.69. The normalized spacial score (nSPS) is 21.4. The van der Waals surface area contributed by atoms with E-state index in [0.717, 1.165) is 26.2 Å². The molecule has 106 valence electrons. The molecule has 0 bridgehead atoms. The van der Waals surface area contributed by atoms with Crippen LogP contribution in [0.3, 0.4) is 0 Å². The molecule has 1 saturated heterocycles. The molecule has 1 heterocycles. The molecule has 0 saturated carbocycles. The van der Waals surface area contributed by atoms with Crippen molar-refractivity contribution in [2.75, 3.05) is 26.2 Å². The quantitative estimate of drug-likeness (QED) is 0.789. The number of hydrogen-bond acceptors (Lipinski definition) is 3. The monoisotopic (exact) mass is 267 g/mol. The minimum Gasteiger partial charge on any atom is -0.352 e. The Morgan fingerprint density at radius 3 is 2.39 bits per heavy atom. The first-order valence-corrected chi connectivity index (χ1v) is 6.11. The summed E-state index contributed by atoms with van der Waals surface area (Å²) in [5.41, 5.74) is 0. The second-order valence-electron chi connectivity index (χ2n) is 4.69. The van der Waals surface area contributed by atoms with Gasteiger partial charge in [0.1, 0.15) is 0 Å². The maximum atomic E-state index is 12.1. The van der Waals surface area contributed by atoms with E-state index in [1.165, 1.54) is 6.92 Å². The van der Waals surface area contributed by atoms with Gasteiger partial charge in [-0.3, -0.25) is 9.69 Å². The summed E-state index contributed by atoms with van der Waals surface area (Å²) in [7, 11) is 0. The molecular weight excluding hydrogens is 247 g/mol. The zero-order valence-corrected chi connectivity index (χ0v) is 10.7. The van der Waals surface area contributed by atoms with Crippen molar-refractivity contribution < 1.29 is 18.0 Å². The van der Waals surface area contributed by atoms with E-state index in [4.69, 9.17) is 0 Å². The number of halogens is 3. The van der Waals surface area contributed by atoms with E-state index in [9.17, 15) is 18.0 Å². The molecule has 4 nitrogen and oxygen atoms in total. The Balaban J connectivity index is 2.39. The average Bonchev–Trinajstić information content (AvgIpc) is 2.26. The Kier molecular flexibility index (Phi) is 5.40. The third-order valence-corrected chi connectivity index (χ3v) is 3.01. The summed E-state index contributed by atoms with van der Waals surface area (Å²) in [5, 5.41) is 5.57. The molecule has 0 aromatic heterocycles. The number of piperazine rings is 1. The second kappa shape index (κ2) is 6.38. The minimum atomic E-state index is -4.25. The lowest BCUT2D eigenvalue weighted by Crippen LogP contribution is -2.54. The molecule has 2 unspecified atom stereocenters. The molecule has 1 fully saturated rings. The van der Waals surface area contributed by atoms with E-state index in [1.807, 2.05) is 4.90 Å². The molecule has 0 aromatic rings. The lowest BCUT2D eigenvalue weighted by Gasteiger charge is -2.32. The predicted molar refractivity (Wildman–Crippen MR) is 62.2 cm³/mol. The van der Waals surface area contributed by atoms with E-state index >= 15 is 0 Å². The van der Waals surface area contributed by atoms with Crippen LogP contribution in [0.1, 0.15) is 20.3 Å². The van der Waals surface area contributed by atoms with Gasteiger partial charge in [0.15, 0.2) is 0 Å². The SMILES string of the molecule is CC(CC(F)(F)F)NC(=O)C(C)N1CCNCC1. The maximum Gasteiger partial charge on any atom is 0.391 e. The van der Waals surface area contributed by atoms with E-state index in [2.05, 4.69) is 10.6 Å². The first kappa shape index (κ1) is 15.2. The summed E-state index contributed by atoms with van der Waals surface area (Å²) in [6.07, 6.45) is -5.24. The van der Waals surface area contributed by atoms with Crippen molar-refractivity contribution in [3.63, 3.8) is 0 Å². The Morgan fingerprint density at radius 2 is 1.89 bits per heavy atom. The zero-order chi connectivity index (χ0) is 13.8. The van der Waals surface area contributed by atoms with Crippen LogP contribution in [0.5, 0.6) is 0 Å². The van der Waals surface area contributed by atoms with Crippen molar-refractivity contribution >= 4 is 5.91 Å². The van der Waals surface area contributed by atoms with Gasteiger partial charge in [0.05, 0.1) is 12.5 Å². The van der Waals surface area contributed by atoms with Gasteiger partial charge < -0.3 is 10.6 Å². The number of amides is 1. The summed E-state index contributed by atoms with van der Waals surface area (Å²) >= 11 is 0. The van der Waals surface area contributed by atoms with Crippen LogP contribution in [0.15, 0.2) is 0 Å². The van der Waals surface area contributed by atoms with Gasteiger partial charge in [-0.1, -0.05) is 0 Å². The van der Waals surface area contributed by atoms with Crippen LogP contribution in [-0.4, -0.2) is 55.2 Å². The summed E-state index contributed by atoms with van der Waals surface area (Å²) in [4.78, 5) is 13.8. The molecule has 18 heavy (non-hydrogen) atoms. The van der Waals surface area contributed by atoms with Gasteiger partial charge >= 0.3 is 6.18 Å². The Hall–Kier alpha value is -0.820. The molecule has 7 heteroatoms. The number of nitrogens with zero attached hydrogens (tertiary/aromatic N) is 1. The lowest BCUT2D eigenvalue weighted by atomic mass is 10.2. The van der Waals surface area contributed by atoms with Crippen LogP contribution in [0.2, 0.25) is 0 Å². The molecule has 0 radical (unpaired) electrons. The topological polar surface area (TPSA) is 44.4 Å². The van der Waals surface area contributed by atoms with Gasteiger partial charge in [-0.15, -0.1) is 0 Å². The molecular formula is C11H20F3N3O. The Labute approximate surface area is 105 Å². The van der Waals surface area contributed by atoms with Crippen LogP contribution in [0.4, 0.5) is 13.2 Å². The van der Waals surface area contributed by atoms with E-state index in [-0.39, 0.29) is 11.9 Å². The average molecular weight is 267 g/mol. The molecule has 2 atom stereocenters. The molecule has 0 aromatic carbocycles. The van der Waals surface area contributed by atoms with Gasteiger partial charge in [-0.05, 0) is 13.8 Å². The summed E-state index contributed by atoms with van der Waals surface area (Å²) < 4.78 is 36.4. The largest absolute Gasteiger partial charge is 0.391 e. The van der Waals surface area contributed by atoms with Crippen LogP contribution in [0.25, 0.3) is 0 Å². The molecule has 1 aliphatic rings. The highest BCUT2D eigenvalue weighted by Gasteiger charge is 2.31. The molecule has 2 N–H and O–H groups in total. The van der Waals surface area contributed by atoms with Crippen LogP contribution < -0.4 is 10.6 Å². The third-order valence-electron chi connectivity index (χ3n) is 3.01. The van der Waals surface area contributed by atoms with Crippen molar-refractivity contribution in [2.24, 2.45) is 0 Å². The van der Waals surface area contributed by atoms with Gasteiger partial charge in [0, 0.05) is 32.2 Å². The standard InChI is InChI=1S/C11H20F3N3O/c1-8(7-11(12,13)14)16-10(18)9(2)17-5-3-15-4-6-17/h8-9,15H,3-7H2,1-2H3,(H,16,18). The smallest absolute Gasteiger partial charge is 0.352 e. The lowest BCUT2D eigenvalue weighted by molar-refractivity contribution is -0.142. The fraction of sp³-hybridized carbons (Fsp3) is 0.909. The van der Waals surface area contributed by atoms with Crippen LogP contribution in [-0.2, 0) is 4.79 Å². The van der Waals surface area contributed by atoms with E-state index in [1.54, 1.807) is 6.92 Å². The molecule has 0 spiro atoms. The number of carbonyl (C=O) groups is 1. The highest BCUT2D eigenvalue weighted by atomic mass is 19.4. The van der Waals surface area contributed by atoms with Gasteiger partial charge in [0.2, 0.25) is 5.91 Å². The van der Waals surface area contributed by atoms with Crippen molar-refractivity contribution in [1.29, 1.82) is 0 Å². The third kappa shape index (κ3) is 5.22. The van der Waals surface area contributed by atoms with Crippen molar-refractivity contribution in [3.05, 3.63) is 0 Å². The number of hydrogen-bond donors (Lipinski definition) is 2.